The number of ether oxygens (including phenoxy) is 1. The number of aliphatic hydroxyl groups excluding tert-OH is 1. The van der Waals surface area contributed by atoms with Gasteiger partial charge in [0.15, 0.2) is 0 Å². The zero-order valence-electron chi connectivity index (χ0n) is 24.4. The van der Waals surface area contributed by atoms with E-state index in [0.29, 0.717) is 58.3 Å². The lowest BCUT2D eigenvalue weighted by Crippen LogP contribution is -2.49. The summed E-state index contributed by atoms with van der Waals surface area (Å²) in [5, 5.41) is 11.5. The number of amides is 1. The van der Waals surface area contributed by atoms with Crippen LogP contribution in [0.4, 0.5) is 15.9 Å². The predicted molar refractivity (Wildman–Crippen MR) is 162 cm³/mol. The minimum absolute atomic E-state index is 0.0141. The summed E-state index contributed by atoms with van der Waals surface area (Å²) in [5.41, 5.74) is 4.51. The van der Waals surface area contributed by atoms with E-state index in [1.54, 1.807) is 4.90 Å². The summed E-state index contributed by atoms with van der Waals surface area (Å²) in [6.45, 7) is 6.64. The molecule has 3 aliphatic heterocycles. The van der Waals surface area contributed by atoms with Crippen LogP contribution in [0, 0.1) is 6.92 Å². The van der Waals surface area contributed by atoms with Gasteiger partial charge >= 0.3 is 6.01 Å². The molecule has 10 heteroatoms. The number of aryl methyl sites for hydroxylation is 1. The molecule has 0 bridgehead atoms. The average Bonchev–Trinajstić information content (AvgIpc) is 3.34. The van der Waals surface area contributed by atoms with E-state index in [0.717, 1.165) is 30.0 Å². The molecule has 1 aromatic heterocycles. The van der Waals surface area contributed by atoms with Crippen molar-refractivity contribution in [1.29, 1.82) is 0 Å². The van der Waals surface area contributed by atoms with Gasteiger partial charge in [-0.3, -0.25) is 9.69 Å². The van der Waals surface area contributed by atoms with Crippen LogP contribution in [0.3, 0.4) is 0 Å². The number of halogens is 1. The predicted octanol–water partition coefficient (Wildman–Crippen LogP) is 3.12. The molecule has 0 radical (unpaired) electrons. The molecule has 42 heavy (non-hydrogen) atoms. The number of likely N-dealkylation sites (tertiary alicyclic amines) is 1. The van der Waals surface area contributed by atoms with Crippen LogP contribution in [-0.4, -0.2) is 103 Å². The topological polar surface area (TPSA) is 85.3 Å². The van der Waals surface area contributed by atoms with Crippen molar-refractivity contribution in [3.63, 3.8) is 0 Å². The number of carbonyl (C=O) groups excluding carboxylic acids is 1. The quantitative estimate of drug-likeness (QED) is 0.431. The molecule has 2 atom stereocenters. The number of nitrogens with zero attached hydrogens (tertiary/aromatic N) is 6. The lowest BCUT2D eigenvalue weighted by Gasteiger charge is -2.38. The number of alkyl halides is 1. The van der Waals surface area contributed by atoms with Gasteiger partial charge in [-0.15, -0.1) is 0 Å². The van der Waals surface area contributed by atoms with Crippen LogP contribution in [0.15, 0.2) is 48.6 Å². The molecule has 2 fully saturated rings. The van der Waals surface area contributed by atoms with Crippen LogP contribution in [0.25, 0.3) is 10.8 Å². The molecule has 3 aromatic rings. The fourth-order valence-corrected chi connectivity index (χ4v) is 6.46. The van der Waals surface area contributed by atoms with Crippen molar-refractivity contribution in [2.75, 3.05) is 69.3 Å². The van der Waals surface area contributed by atoms with Gasteiger partial charge in [0.1, 0.15) is 18.6 Å². The van der Waals surface area contributed by atoms with Gasteiger partial charge in [0.2, 0.25) is 5.91 Å². The fraction of sp³-hybridized carbons (Fsp3) is 0.469. The van der Waals surface area contributed by atoms with Crippen molar-refractivity contribution in [1.82, 2.24) is 19.8 Å². The molecular formula is C32H39FN6O3. The lowest BCUT2D eigenvalue weighted by atomic mass is 9.99. The summed E-state index contributed by atoms with van der Waals surface area (Å²) < 4.78 is 20.2. The Balaban J connectivity index is 1.28. The average molecular weight is 575 g/mol. The number of rotatable bonds is 7. The summed E-state index contributed by atoms with van der Waals surface area (Å²) in [6.07, 6.45) is 3.30. The standard InChI is InChI=1S/C32H39FN6O3/c1-22-6-3-7-23-8-4-9-28(30(22)23)39-12-11-26-27(20-39)34-32(42-21-25-18-24(33)19-36(25)2)35-31(26)38-15-13-37(14-16-38)29(41)10-5-17-40/h3-10,24-25,40H,11-21H2,1-2H3/b10-5+/t24-,25-/m1/s1. The van der Waals surface area contributed by atoms with Crippen molar-refractivity contribution in [3.05, 3.63) is 65.4 Å². The number of fused-ring (bicyclic) bond motifs is 2. The highest BCUT2D eigenvalue weighted by molar-refractivity contribution is 5.97. The van der Waals surface area contributed by atoms with Gasteiger partial charge in [-0.25, -0.2) is 4.39 Å². The van der Waals surface area contributed by atoms with Gasteiger partial charge in [0.05, 0.1) is 18.8 Å². The van der Waals surface area contributed by atoms with Crippen molar-refractivity contribution in [2.24, 2.45) is 0 Å². The van der Waals surface area contributed by atoms with Gasteiger partial charge in [0, 0.05) is 68.0 Å². The van der Waals surface area contributed by atoms with E-state index >= 15 is 0 Å². The number of aromatic nitrogens is 2. The highest BCUT2D eigenvalue weighted by Crippen LogP contribution is 2.35. The van der Waals surface area contributed by atoms with Crippen molar-refractivity contribution < 1.29 is 19.0 Å². The number of likely N-dealkylation sites (N-methyl/N-ethyl adjacent to an activating group) is 1. The molecule has 0 aliphatic carbocycles. The largest absolute Gasteiger partial charge is 0.462 e. The third-order valence-electron chi connectivity index (χ3n) is 8.75. The molecule has 9 nitrogen and oxygen atoms in total. The summed E-state index contributed by atoms with van der Waals surface area (Å²) in [7, 11) is 1.92. The molecule has 0 unspecified atom stereocenters. The van der Waals surface area contributed by atoms with Gasteiger partial charge in [-0.2, -0.15) is 9.97 Å². The molecule has 222 valence electrons. The zero-order valence-corrected chi connectivity index (χ0v) is 24.4. The maximum absolute atomic E-state index is 14.0. The van der Waals surface area contributed by atoms with Gasteiger partial charge in [-0.05, 0) is 43.8 Å². The van der Waals surface area contributed by atoms with E-state index < -0.39 is 6.17 Å². The minimum Gasteiger partial charge on any atom is -0.462 e. The molecule has 0 saturated carbocycles. The summed E-state index contributed by atoms with van der Waals surface area (Å²) in [6, 6.07) is 13.2. The molecular weight excluding hydrogens is 535 g/mol. The first-order chi connectivity index (χ1) is 20.4. The normalized spacial score (nSPS) is 21.4. The van der Waals surface area contributed by atoms with E-state index in [1.165, 1.54) is 34.2 Å². The second kappa shape index (κ2) is 12.2. The number of anilines is 2. The van der Waals surface area contributed by atoms with E-state index in [9.17, 15) is 9.18 Å². The van der Waals surface area contributed by atoms with Gasteiger partial charge in [0.25, 0.3) is 0 Å². The minimum atomic E-state index is -0.840. The molecule has 1 N–H and O–H groups in total. The fourth-order valence-electron chi connectivity index (χ4n) is 6.46. The highest BCUT2D eigenvalue weighted by atomic mass is 19.1. The maximum Gasteiger partial charge on any atom is 0.318 e. The van der Waals surface area contributed by atoms with Crippen molar-refractivity contribution >= 4 is 28.2 Å². The molecule has 2 saturated heterocycles. The third-order valence-corrected chi connectivity index (χ3v) is 8.75. The number of aliphatic hydroxyl groups is 1. The van der Waals surface area contributed by atoms with E-state index in [4.69, 9.17) is 19.8 Å². The van der Waals surface area contributed by atoms with Crippen molar-refractivity contribution in [2.45, 2.75) is 38.5 Å². The number of hydrogen-bond donors (Lipinski definition) is 1. The molecule has 3 aliphatic rings. The van der Waals surface area contributed by atoms with E-state index in [1.807, 2.05) is 11.9 Å². The van der Waals surface area contributed by atoms with Crippen LogP contribution in [0.5, 0.6) is 6.01 Å². The van der Waals surface area contributed by atoms with Crippen LogP contribution >= 0.6 is 0 Å². The van der Waals surface area contributed by atoms with Gasteiger partial charge in [-0.1, -0.05) is 36.4 Å². The number of carbonyl (C=O) groups is 1. The first-order valence-corrected chi connectivity index (χ1v) is 14.8. The number of benzene rings is 2. The summed E-state index contributed by atoms with van der Waals surface area (Å²) in [4.78, 5) is 30.7. The number of piperazine rings is 1. The second-order valence-electron chi connectivity index (χ2n) is 11.5. The molecule has 4 heterocycles. The molecule has 6 rings (SSSR count). The lowest BCUT2D eigenvalue weighted by molar-refractivity contribution is -0.126. The Hall–Kier alpha value is -3.76. The first-order valence-electron chi connectivity index (χ1n) is 14.8. The second-order valence-corrected chi connectivity index (χ2v) is 11.5. The summed E-state index contributed by atoms with van der Waals surface area (Å²) >= 11 is 0. The Morgan fingerprint density at radius 1 is 1.10 bits per heavy atom. The highest BCUT2D eigenvalue weighted by Gasteiger charge is 2.32. The Kier molecular flexibility index (Phi) is 8.26. The zero-order chi connectivity index (χ0) is 29.2. The Labute approximate surface area is 246 Å². The molecule has 0 spiro atoms. The third kappa shape index (κ3) is 5.78. The maximum atomic E-state index is 14.0. The SMILES string of the molecule is Cc1cccc2cccc(N3CCc4c(nc(OC[C@H]5C[C@@H](F)CN5C)nc4N4CCN(C(=O)/C=C/CO)CC4)C3)c12. The van der Waals surface area contributed by atoms with Crippen LogP contribution in [-0.2, 0) is 17.8 Å². The van der Waals surface area contributed by atoms with Gasteiger partial charge < -0.3 is 24.5 Å². The van der Waals surface area contributed by atoms with Crippen molar-refractivity contribution in [3.8, 4) is 6.01 Å². The van der Waals surface area contributed by atoms with Crippen LogP contribution < -0.4 is 14.5 Å². The van der Waals surface area contributed by atoms with Crippen LogP contribution in [0.2, 0.25) is 0 Å². The summed E-state index contributed by atoms with van der Waals surface area (Å²) in [5.74, 6) is 0.773. The number of hydrogen-bond acceptors (Lipinski definition) is 8. The Morgan fingerprint density at radius 2 is 1.88 bits per heavy atom. The Bertz CT molecular complexity index is 1470. The smallest absolute Gasteiger partial charge is 0.318 e. The van der Waals surface area contributed by atoms with E-state index in [-0.39, 0.29) is 18.6 Å². The Morgan fingerprint density at radius 3 is 2.62 bits per heavy atom. The molecule has 2 aromatic carbocycles. The molecule has 1 amide bonds. The van der Waals surface area contributed by atoms with Crippen LogP contribution in [0.1, 0.15) is 23.2 Å². The monoisotopic (exact) mass is 574 g/mol. The van der Waals surface area contributed by atoms with E-state index in [2.05, 4.69) is 53.1 Å². The first kappa shape index (κ1) is 28.4.